The number of aliphatic hydroxyl groups excluding tert-OH is 1. The minimum atomic E-state index is -1.89. The van der Waals surface area contributed by atoms with Crippen molar-refractivity contribution < 1.29 is 14.0 Å². The molecule has 0 amide bonds. The van der Waals surface area contributed by atoms with Crippen molar-refractivity contribution in [3.05, 3.63) is 29.3 Å². The van der Waals surface area contributed by atoms with Crippen molar-refractivity contribution in [3.8, 4) is 5.75 Å². The minimum Gasteiger partial charge on any atom is -0.543 e. The maximum atomic E-state index is 9.69. The van der Waals surface area contributed by atoms with E-state index in [9.17, 15) is 5.11 Å². The first kappa shape index (κ1) is 30.3. The maximum absolute atomic E-state index is 9.69. The number of benzene rings is 1. The maximum Gasteiger partial charge on any atom is 0.250 e. The van der Waals surface area contributed by atoms with Crippen LogP contribution in [-0.4, -0.2) is 34.5 Å². The Morgan fingerprint density at radius 1 is 0.974 bits per heavy atom. The Labute approximate surface area is 236 Å². The third kappa shape index (κ3) is 5.47. The van der Waals surface area contributed by atoms with Gasteiger partial charge in [0.05, 0.1) is 6.10 Å². The summed E-state index contributed by atoms with van der Waals surface area (Å²) in [5.41, 5.74) is 3.39. The highest BCUT2D eigenvalue weighted by molar-refractivity contribution is 6.75. The fourth-order valence-corrected chi connectivity index (χ4v) is 10.0. The Morgan fingerprint density at radius 3 is 2.24 bits per heavy atom. The number of hydrogen-bond donors (Lipinski definition) is 1. The van der Waals surface area contributed by atoms with Crippen molar-refractivity contribution in [1.29, 1.82) is 0 Å². The Kier molecular flexibility index (Phi) is 8.25. The Hall–Kier alpha value is -0.626. The normalized spacial score (nSPS) is 31.9. The van der Waals surface area contributed by atoms with Crippen LogP contribution in [-0.2, 0) is 10.8 Å². The van der Waals surface area contributed by atoms with Gasteiger partial charge in [-0.15, -0.1) is 0 Å². The predicted octanol–water partition coefficient (Wildman–Crippen LogP) is 9.32. The second-order valence-corrected chi connectivity index (χ2v) is 25.8. The van der Waals surface area contributed by atoms with Crippen molar-refractivity contribution in [2.75, 3.05) is 6.61 Å². The van der Waals surface area contributed by atoms with E-state index >= 15 is 0 Å². The highest BCUT2D eigenvalue weighted by atomic mass is 28.4. The van der Waals surface area contributed by atoms with Gasteiger partial charge in [-0.05, 0) is 134 Å². The summed E-state index contributed by atoms with van der Waals surface area (Å²) in [7, 11) is -3.73. The number of hydrogen-bond acceptors (Lipinski definition) is 3. The summed E-state index contributed by atoms with van der Waals surface area (Å²) < 4.78 is 14.0. The number of aliphatic hydroxyl groups is 1. The molecule has 0 saturated heterocycles. The monoisotopic (exact) mass is 558 g/mol. The average Bonchev–Trinajstić information content (AvgIpc) is 3.06. The van der Waals surface area contributed by atoms with Gasteiger partial charge in [-0.1, -0.05) is 54.5 Å². The third-order valence-corrected chi connectivity index (χ3v) is 20.7. The van der Waals surface area contributed by atoms with Crippen LogP contribution in [0.25, 0.3) is 0 Å². The topological polar surface area (TPSA) is 38.7 Å². The van der Waals surface area contributed by atoms with Gasteiger partial charge in [0.15, 0.2) is 8.32 Å². The van der Waals surface area contributed by atoms with Crippen LogP contribution in [0.2, 0.25) is 36.3 Å². The van der Waals surface area contributed by atoms with Crippen LogP contribution in [0.4, 0.5) is 0 Å². The lowest BCUT2D eigenvalue weighted by molar-refractivity contribution is -0.0266. The molecule has 38 heavy (non-hydrogen) atoms. The molecule has 3 aliphatic rings. The van der Waals surface area contributed by atoms with Crippen LogP contribution in [0.1, 0.15) is 104 Å². The van der Waals surface area contributed by atoms with Crippen LogP contribution < -0.4 is 4.43 Å². The first-order valence-electron chi connectivity index (χ1n) is 15.5. The molecule has 0 radical (unpaired) electrons. The summed E-state index contributed by atoms with van der Waals surface area (Å²) in [6.07, 6.45) is 8.62. The summed E-state index contributed by atoms with van der Waals surface area (Å²) in [6, 6.07) is 7.10. The van der Waals surface area contributed by atoms with Gasteiger partial charge in [0, 0.05) is 6.61 Å². The SMILES string of the molecule is CC(C)(C)[Si](C)(C)Oc1ccc2c(c1)CC[C@@H]1[C@@H]2CC[C@]2(C)[C@H](O[Si](C)(C)C(C)(C)C)[C@H](CCCO)C[C@@H]12. The molecule has 4 rings (SSSR count). The van der Waals surface area contributed by atoms with E-state index in [2.05, 4.69) is 92.9 Å². The lowest BCUT2D eigenvalue weighted by Crippen LogP contribution is -2.51. The molecule has 1 aromatic rings. The van der Waals surface area contributed by atoms with Crippen LogP contribution in [0.3, 0.4) is 0 Å². The van der Waals surface area contributed by atoms with Gasteiger partial charge < -0.3 is 14.0 Å². The highest BCUT2D eigenvalue weighted by Gasteiger charge is 2.60. The number of fused-ring (bicyclic) bond motifs is 5. The smallest absolute Gasteiger partial charge is 0.250 e. The van der Waals surface area contributed by atoms with E-state index in [-0.39, 0.29) is 15.5 Å². The first-order chi connectivity index (χ1) is 17.4. The summed E-state index contributed by atoms with van der Waals surface area (Å²) in [4.78, 5) is 0. The second kappa shape index (κ2) is 10.3. The molecule has 6 atom stereocenters. The zero-order valence-electron chi connectivity index (χ0n) is 26.5. The molecule has 0 unspecified atom stereocenters. The van der Waals surface area contributed by atoms with E-state index in [1.54, 1.807) is 5.56 Å². The van der Waals surface area contributed by atoms with E-state index in [0.29, 0.717) is 24.5 Å². The standard InChI is InChI=1S/C33H58O3Si2/c1-31(2,3)37(8,9)35-25-15-17-26-23(21-25)14-16-28-27(26)18-19-33(7)29(28)22-24(13-12-20-34)30(33)36-38(10,11)32(4,5)6/h15,17,21,24,27-30,34H,12-14,16,18-20,22H2,1-11H3/t24-,27-,28-,29+,30-,33+/m1/s1. The molecule has 2 fully saturated rings. The van der Waals surface area contributed by atoms with Gasteiger partial charge in [0.2, 0.25) is 8.32 Å². The molecule has 1 aromatic carbocycles. The summed E-state index contributed by atoms with van der Waals surface area (Å²) in [5.74, 6) is 3.80. The summed E-state index contributed by atoms with van der Waals surface area (Å²) >= 11 is 0. The molecule has 0 bridgehead atoms. The van der Waals surface area contributed by atoms with Gasteiger partial charge in [-0.25, -0.2) is 0 Å². The molecule has 2 saturated carbocycles. The van der Waals surface area contributed by atoms with E-state index in [1.807, 2.05) is 0 Å². The van der Waals surface area contributed by atoms with E-state index in [0.717, 1.165) is 30.4 Å². The lowest BCUT2D eigenvalue weighted by Gasteiger charge is -2.52. The van der Waals surface area contributed by atoms with Crippen molar-refractivity contribution in [1.82, 2.24) is 0 Å². The van der Waals surface area contributed by atoms with Crippen LogP contribution in [0.5, 0.6) is 5.75 Å². The molecule has 216 valence electrons. The highest BCUT2D eigenvalue weighted by Crippen LogP contribution is 2.64. The van der Waals surface area contributed by atoms with Crippen LogP contribution >= 0.6 is 0 Å². The Morgan fingerprint density at radius 2 is 1.63 bits per heavy atom. The molecule has 3 nitrogen and oxygen atoms in total. The fraction of sp³-hybridized carbons (Fsp3) is 0.818. The van der Waals surface area contributed by atoms with Crippen LogP contribution in [0, 0.1) is 23.2 Å². The van der Waals surface area contributed by atoms with Crippen LogP contribution in [0.15, 0.2) is 18.2 Å². The second-order valence-electron chi connectivity index (χ2n) is 16.3. The van der Waals surface area contributed by atoms with Crippen molar-refractivity contribution in [2.24, 2.45) is 23.2 Å². The van der Waals surface area contributed by atoms with Crippen molar-refractivity contribution >= 4 is 16.6 Å². The van der Waals surface area contributed by atoms with Crippen molar-refractivity contribution in [2.45, 2.75) is 142 Å². The summed E-state index contributed by atoms with van der Waals surface area (Å²) in [5, 5.41) is 10.1. The first-order valence-corrected chi connectivity index (χ1v) is 21.3. The van der Waals surface area contributed by atoms with Gasteiger partial charge >= 0.3 is 0 Å². The molecule has 0 heterocycles. The molecule has 1 N–H and O–H groups in total. The van der Waals surface area contributed by atoms with E-state index in [4.69, 9.17) is 8.85 Å². The van der Waals surface area contributed by atoms with E-state index in [1.165, 1.54) is 37.7 Å². The Bertz CT molecular complexity index is 989. The summed E-state index contributed by atoms with van der Waals surface area (Å²) in [6.45, 7) is 26.5. The minimum absolute atomic E-state index is 0.208. The third-order valence-electron chi connectivity index (χ3n) is 11.9. The molecule has 5 heteroatoms. The van der Waals surface area contributed by atoms with Gasteiger partial charge in [-0.2, -0.15) is 0 Å². The largest absolute Gasteiger partial charge is 0.543 e. The van der Waals surface area contributed by atoms with Gasteiger partial charge in [0.1, 0.15) is 5.75 Å². The quantitative estimate of drug-likeness (QED) is 0.339. The van der Waals surface area contributed by atoms with E-state index < -0.39 is 16.6 Å². The van der Waals surface area contributed by atoms with Gasteiger partial charge in [0.25, 0.3) is 0 Å². The zero-order chi connectivity index (χ0) is 28.3. The number of rotatable bonds is 7. The fourth-order valence-electron chi connectivity index (χ4n) is 7.55. The zero-order valence-corrected chi connectivity index (χ0v) is 28.5. The lowest BCUT2D eigenvalue weighted by atomic mass is 9.55. The number of aryl methyl sites for hydroxylation is 1. The molecule has 3 aliphatic carbocycles. The average molecular weight is 559 g/mol. The molecular formula is C33H58O3Si2. The van der Waals surface area contributed by atoms with Crippen molar-refractivity contribution in [3.63, 3.8) is 0 Å². The Balaban J connectivity index is 1.59. The molecular weight excluding hydrogens is 501 g/mol. The predicted molar refractivity (Wildman–Crippen MR) is 166 cm³/mol. The van der Waals surface area contributed by atoms with Gasteiger partial charge in [-0.3, -0.25) is 0 Å². The molecule has 0 aliphatic heterocycles. The molecule has 0 aromatic heterocycles. The molecule has 0 spiro atoms.